The molecule has 2 heterocycles. The Labute approximate surface area is 263 Å². The SMILES string of the molecule is COc1cccc2c1C(=O)c1c(O)c3c(c(O)c1C2=O)CC(O)(C(=O)CO)C[C@@H]3OC1CC(N=CN2CCOCC2)C(O)C(C)O1. The van der Waals surface area contributed by atoms with E-state index in [1.54, 1.807) is 13.3 Å². The zero-order chi connectivity index (χ0) is 32.9. The molecule has 0 amide bonds. The molecule has 14 nitrogen and oxygen atoms in total. The Morgan fingerprint density at radius 1 is 1.13 bits per heavy atom. The number of morpholine rings is 1. The van der Waals surface area contributed by atoms with Crippen molar-refractivity contribution >= 4 is 23.7 Å². The highest BCUT2D eigenvalue weighted by molar-refractivity contribution is 6.31. The average molecular weight is 641 g/mol. The molecule has 2 aliphatic heterocycles. The van der Waals surface area contributed by atoms with Crippen molar-refractivity contribution in [2.24, 2.45) is 4.99 Å². The first-order valence-corrected chi connectivity index (χ1v) is 15.1. The lowest BCUT2D eigenvalue weighted by molar-refractivity contribution is -0.247. The van der Waals surface area contributed by atoms with E-state index in [4.69, 9.17) is 18.9 Å². The standard InChI is InChI=1S/C32H36N2O12/c1-15-27(37)18(33-14-34-6-8-44-9-7-34)10-22(45-15)46-20-12-32(42,21(36)13-35)11-17-24(20)31(41)26-25(29(17)39)28(38)16-4-3-5-19(43-2)23(16)30(26)40/h3-5,14-15,18,20,22,27,35,37,39,41-42H,6-13H2,1-2H3/t15?,18?,20-,22?,27?,32?/m0/s1. The number of fused-ring (bicyclic) bond motifs is 3. The fourth-order valence-corrected chi connectivity index (χ4v) is 6.71. The van der Waals surface area contributed by atoms with E-state index < -0.39 is 95.7 Å². The van der Waals surface area contributed by atoms with Crippen LogP contribution in [0.4, 0.5) is 0 Å². The van der Waals surface area contributed by atoms with Gasteiger partial charge >= 0.3 is 0 Å². The van der Waals surface area contributed by atoms with Crippen molar-refractivity contribution in [3.63, 3.8) is 0 Å². The van der Waals surface area contributed by atoms with Gasteiger partial charge in [-0.2, -0.15) is 0 Å². The number of carbonyl (C=O) groups excluding carboxylic acids is 3. The van der Waals surface area contributed by atoms with Crippen LogP contribution in [0.5, 0.6) is 17.2 Å². The Kier molecular flexibility index (Phi) is 8.61. The third-order valence-corrected chi connectivity index (χ3v) is 9.20. The molecule has 5 unspecified atom stereocenters. The van der Waals surface area contributed by atoms with Crippen LogP contribution in [0.2, 0.25) is 0 Å². The van der Waals surface area contributed by atoms with Crippen molar-refractivity contribution in [1.29, 1.82) is 0 Å². The number of benzene rings is 2. The van der Waals surface area contributed by atoms with Crippen LogP contribution in [-0.4, -0.2) is 124 Å². The Bertz CT molecular complexity index is 1600. The number of aliphatic hydroxyl groups excluding tert-OH is 2. The Morgan fingerprint density at radius 3 is 2.54 bits per heavy atom. The van der Waals surface area contributed by atoms with Crippen LogP contribution in [0.1, 0.15) is 68.8 Å². The number of phenols is 2. The second-order valence-corrected chi connectivity index (χ2v) is 12.0. The Balaban J connectivity index is 1.40. The molecule has 5 N–H and O–H groups in total. The number of ether oxygens (including phenoxy) is 4. The van der Waals surface area contributed by atoms with Crippen LogP contribution in [0, 0.1) is 0 Å². The average Bonchev–Trinajstić information content (AvgIpc) is 3.05. The van der Waals surface area contributed by atoms with Crippen LogP contribution >= 0.6 is 0 Å². The number of rotatable bonds is 7. The molecule has 0 aromatic heterocycles. The second-order valence-electron chi connectivity index (χ2n) is 12.0. The first-order valence-electron chi connectivity index (χ1n) is 15.1. The van der Waals surface area contributed by atoms with Gasteiger partial charge in [-0.3, -0.25) is 19.4 Å². The number of aromatic hydroxyl groups is 2. The molecule has 6 atom stereocenters. The Hall–Kier alpha value is -3.92. The van der Waals surface area contributed by atoms with Crippen molar-refractivity contribution < 1.29 is 58.9 Å². The van der Waals surface area contributed by atoms with Crippen LogP contribution in [0.25, 0.3) is 0 Å². The molecule has 0 radical (unpaired) electrons. The monoisotopic (exact) mass is 640 g/mol. The van der Waals surface area contributed by atoms with E-state index in [-0.39, 0.29) is 34.4 Å². The molecule has 0 saturated carbocycles. The Morgan fingerprint density at radius 2 is 1.85 bits per heavy atom. The summed E-state index contributed by atoms with van der Waals surface area (Å²) in [5.74, 6) is -3.77. The maximum atomic E-state index is 13.8. The van der Waals surface area contributed by atoms with Crippen LogP contribution < -0.4 is 4.74 Å². The van der Waals surface area contributed by atoms with Gasteiger partial charge in [0.15, 0.2) is 17.9 Å². The molecule has 2 saturated heterocycles. The van der Waals surface area contributed by atoms with Crippen molar-refractivity contribution in [2.75, 3.05) is 40.0 Å². The zero-order valence-corrected chi connectivity index (χ0v) is 25.3. The molecule has 6 rings (SSSR count). The van der Waals surface area contributed by atoms with Gasteiger partial charge in [-0.1, -0.05) is 12.1 Å². The van der Waals surface area contributed by atoms with Gasteiger partial charge < -0.3 is 49.4 Å². The normalized spacial score (nSPS) is 29.3. The first kappa shape index (κ1) is 32.0. The molecule has 246 valence electrons. The quantitative estimate of drug-likeness (QED) is 0.135. The van der Waals surface area contributed by atoms with Gasteiger partial charge in [-0.25, -0.2) is 0 Å². The lowest BCUT2D eigenvalue weighted by Crippen LogP contribution is -2.50. The number of hydrogen-bond acceptors (Lipinski definition) is 13. The minimum Gasteiger partial charge on any atom is -0.507 e. The summed E-state index contributed by atoms with van der Waals surface area (Å²) in [6.07, 6.45) is -3.54. The number of aliphatic hydroxyl groups is 3. The number of phenolic OH excluding ortho intramolecular Hbond substituents is 2. The van der Waals surface area contributed by atoms with Crippen molar-refractivity contribution in [2.45, 2.75) is 62.4 Å². The van der Waals surface area contributed by atoms with E-state index >= 15 is 0 Å². The summed E-state index contributed by atoms with van der Waals surface area (Å²) >= 11 is 0. The maximum absolute atomic E-state index is 13.8. The van der Waals surface area contributed by atoms with Crippen LogP contribution in [0.15, 0.2) is 23.2 Å². The summed E-state index contributed by atoms with van der Waals surface area (Å²) in [6.45, 7) is 2.98. The van der Waals surface area contributed by atoms with E-state index in [1.165, 1.54) is 25.3 Å². The summed E-state index contributed by atoms with van der Waals surface area (Å²) in [7, 11) is 1.33. The summed E-state index contributed by atoms with van der Waals surface area (Å²) in [5, 5.41) is 55.1. The number of methoxy groups -OCH3 is 1. The molecule has 2 aromatic carbocycles. The predicted molar refractivity (Wildman–Crippen MR) is 158 cm³/mol. The highest BCUT2D eigenvalue weighted by Gasteiger charge is 2.50. The molecule has 0 bridgehead atoms. The zero-order valence-electron chi connectivity index (χ0n) is 25.3. The summed E-state index contributed by atoms with van der Waals surface area (Å²) in [5.41, 5.74) is -3.64. The minimum atomic E-state index is -2.26. The molecular weight excluding hydrogens is 604 g/mol. The number of Topliss-reactive ketones (excluding diaryl/α,β-unsaturated/α-hetero) is 1. The van der Waals surface area contributed by atoms with Crippen LogP contribution in [0.3, 0.4) is 0 Å². The molecule has 0 spiro atoms. The minimum absolute atomic E-state index is 0.0459. The molecule has 4 aliphatic rings. The number of hydrogen-bond donors (Lipinski definition) is 5. The smallest absolute Gasteiger partial charge is 0.202 e. The van der Waals surface area contributed by atoms with E-state index in [9.17, 15) is 39.9 Å². The van der Waals surface area contributed by atoms with E-state index in [0.717, 1.165) is 0 Å². The highest BCUT2D eigenvalue weighted by atomic mass is 16.7. The largest absolute Gasteiger partial charge is 0.507 e. The lowest BCUT2D eigenvalue weighted by Gasteiger charge is -2.42. The highest BCUT2D eigenvalue weighted by Crippen LogP contribution is 2.52. The molecule has 46 heavy (non-hydrogen) atoms. The molecule has 2 fully saturated rings. The third kappa shape index (κ3) is 5.34. The summed E-state index contributed by atoms with van der Waals surface area (Å²) < 4.78 is 22.8. The van der Waals surface area contributed by atoms with Gasteiger partial charge in [0.25, 0.3) is 0 Å². The molecule has 2 aromatic rings. The second kappa shape index (κ2) is 12.4. The maximum Gasteiger partial charge on any atom is 0.202 e. The number of carbonyl (C=O) groups is 3. The summed E-state index contributed by atoms with van der Waals surface area (Å²) in [4.78, 5) is 46.8. The molecule has 2 aliphatic carbocycles. The molecule has 14 heteroatoms. The fraction of sp³-hybridized carbons (Fsp3) is 0.500. The first-order chi connectivity index (χ1) is 22.0. The van der Waals surface area contributed by atoms with Gasteiger partial charge in [-0.05, 0) is 13.0 Å². The van der Waals surface area contributed by atoms with Gasteiger partial charge in [0.05, 0.1) is 61.6 Å². The number of nitrogens with zero attached hydrogens (tertiary/aromatic N) is 2. The van der Waals surface area contributed by atoms with Crippen molar-refractivity contribution in [3.8, 4) is 17.2 Å². The van der Waals surface area contributed by atoms with Crippen molar-refractivity contribution in [1.82, 2.24) is 4.90 Å². The lowest BCUT2D eigenvalue weighted by atomic mass is 9.72. The third-order valence-electron chi connectivity index (χ3n) is 9.20. The van der Waals surface area contributed by atoms with E-state index in [2.05, 4.69) is 4.99 Å². The van der Waals surface area contributed by atoms with Gasteiger partial charge in [-0.15, -0.1) is 0 Å². The van der Waals surface area contributed by atoms with E-state index in [0.29, 0.717) is 26.3 Å². The van der Waals surface area contributed by atoms with Gasteiger partial charge in [0.1, 0.15) is 35.6 Å². The van der Waals surface area contributed by atoms with Crippen molar-refractivity contribution in [3.05, 3.63) is 51.6 Å². The number of ketones is 3. The predicted octanol–water partition coefficient (Wildman–Crippen LogP) is 0.403. The fourth-order valence-electron chi connectivity index (χ4n) is 6.71. The van der Waals surface area contributed by atoms with Gasteiger partial charge in [0.2, 0.25) is 5.78 Å². The van der Waals surface area contributed by atoms with Gasteiger partial charge in [0, 0.05) is 49.0 Å². The van der Waals surface area contributed by atoms with E-state index in [1.807, 2.05) is 4.90 Å². The summed E-state index contributed by atoms with van der Waals surface area (Å²) in [6, 6.07) is 3.73. The number of aliphatic imine (C=N–C) groups is 1. The topological polar surface area (TPSA) is 205 Å². The molecular formula is C32H36N2O12. The van der Waals surface area contributed by atoms with Crippen LogP contribution in [-0.2, 0) is 25.4 Å².